The molecule has 3 rings (SSSR count). The van der Waals surface area contributed by atoms with E-state index in [0.717, 1.165) is 29.8 Å². The fraction of sp³-hybridized carbons (Fsp3) is 0.312. The van der Waals surface area contributed by atoms with Crippen molar-refractivity contribution in [2.24, 2.45) is 0 Å². The number of nitrogens with zero attached hydrogens (tertiary/aromatic N) is 1. The molecule has 0 saturated carbocycles. The second kappa shape index (κ2) is 5.59. The predicted octanol–water partition coefficient (Wildman–Crippen LogP) is 2.85. The minimum Gasteiger partial charge on any atom is -0.493 e. The Morgan fingerprint density at radius 2 is 2.30 bits per heavy atom. The fourth-order valence-electron chi connectivity index (χ4n) is 2.67. The quantitative estimate of drug-likeness (QED) is 0.929. The van der Waals surface area contributed by atoms with Gasteiger partial charge in [-0.3, -0.25) is 4.98 Å². The first kappa shape index (κ1) is 13.1. The molecule has 1 aromatic carbocycles. The van der Waals surface area contributed by atoms with Gasteiger partial charge in [0.1, 0.15) is 11.6 Å². The van der Waals surface area contributed by atoms with Gasteiger partial charge in [-0.15, -0.1) is 0 Å². The summed E-state index contributed by atoms with van der Waals surface area (Å²) in [6.07, 6.45) is 3.85. The van der Waals surface area contributed by atoms with Crippen LogP contribution in [0.5, 0.6) is 5.75 Å². The van der Waals surface area contributed by atoms with Gasteiger partial charge in [0.15, 0.2) is 0 Å². The number of benzene rings is 1. The van der Waals surface area contributed by atoms with Crippen LogP contribution in [0.3, 0.4) is 0 Å². The molecule has 0 fully saturated rings. The summed E-state index contributed by atoms with van der Waals surface area (Å²) in [6.45, 7) is 3.53. The van der Waals surface area contributed by atoms with Crippen LogP contribution in [0, 0.1) is 5.82 Å². The van der Waals surface area contributed by atoms with Crippen molar-refractivity contribution in [3.8, 4) is 5.75 Å². The van der Waals surface area contributed by atoms with Crippen LogP contribution in [0.1, 0.15) is 29.7 Å². The molecule has 1 aliphatic rings. The second-order valence-corrected chi connectivity index (χ2v) is 4.86. The number of nitrogens with one attached hydrogen (secondary N) is 1. The number of hydrogen-bond donors (Lipinski definition) is 1. The minimum atomic E-state index is -0.320. The number of hydrogen-bond acceptors (Lipinski definition) is 3. The molecule has 0 saturated heterocycles. The first-order chi connectivity index (χ1) is 9.79. The smallest absolute Gasteiger partial charge is 0.141 e. The maximum Gasteiger partial charge on any atom is 0.141 e. The fourth-order valence-corrected chi connectivity index (χ4v) is 2.67. The molecule has 1 aromatic heterocycles. The van der Waals surface area contributed by atoms with E-state index in [4.69, 9.17) is 4.74 Å². The normalized spacial score (nSPS) is 14.7. The Morgan fingerprint density at radius 1 is 1.40 bits per heavy atom. The molecule has 20 heavy (non-hydrogen) atoms. The van der Waals surface area contributed by atoms with Crippen molar-refractivity contribution < 1.29 is 9.13 Å². The Bertz CT molecular complexity index is 615. The number of pyridine rings is 1. The van der Waals surface area contributed by atoms with Gasteiger partial charge in [-0.2, -0.15) is 0 Å². The monoisotopic (exact) mass is 272 g/mol. The highest BCUT2D eigenvalue weighted by Gasteiger charge is 2.23. The molecule has 0 amide bonds. The maximum absolute atomic E-state index is 13.4. The van der Waals surface area contributed by atoms with Gasteiger partial charge in [-0.05, 0) is 23.7 Å². The standard InChI is InChI=1S/C16H17FN2O/c1-2-19-15(12-8-13(17)10-18-9-12)14-5-3-4-11-6-7-20-16(11)14/h3-5,8-10,15,19H,2,6-7H2,1H3. The topological polar surface area (TPSA) is 34.2 Å². The number of rotatable bonds is 4. The highest BCUT2D eigenvalue weighted by Crippen LogP contribution is 2.36. The molecule has 104 valence electrons. The summed E-state index contributed by atoms with van der Waals surface area (Å²) in [4.78, 5) is 3.95. The molecule has 1 aliphatic heterocycles. The van der Waals surface area contributed by atoms with Gasteiger partial charge >= 0.3 is 0 Å². The molecule has 2 heterocycles. The summed E-state index contributed by atoms with van der Waals surface area (Å²) in [5.74, 6) is 0.613. The van der Waals surface area contributed by atoms with Gasteiger partial charge in [-0.25, -0.2) is 4.39 Å². The van der Waals surface area contributed by atoms with E-state index in [1.807, 2.05) is 19.1 Å². The number of fused-ring (bicyclic) bond motifs is 1. The van der Waals surface area contributed by atoms with Gasteiger partial charge in [0.2, 0.25) is 0 Å². The van der Waals surface area contributed by atoms with Crippen LogP contribution >= 0.6 is 0 Å². The third kappa shape index (κ3) is 2.39. The Hall–Kier alpha value is -1.94. The lowest BCUT2D eigenvalue weighted by molar-refractivity contribution is 0.350. The van der Waals surface area contributed by atoms with Crippen LogP contribution < -0.4 is 10.1 Å². The molecule has 1 atom stereocenters. The number of aromatic nitrogens is 1. The van der Waals surface area contributed by atoms with Gasteiger partial charge in [0, 0.05) is 18.2 Å². The van der Waals surface area contributed by atoms with Crippen LogP contribution in [0.15, 0.2) is 36.7 Å². The van der Waals surface area contributed by atoms with Gasteiger partial charge in [0.25, 0.3) is 0 Å². The summed E-state index contributed by atoms with van der Waals surface area (Å²) in [7, 11) is 0. The highest BCUT2D eigenvalue weighted by atomic mass is 19.1. The Balaban J connectivity index is 2.05. The third-order valence-electron chi connectivity index (χ3n) is 3.52. The van der Waals surface area contributed by atoms with E-state index in [9.17, 15) is 4.39 Å². The molecule has 2 aromatic rings. The van der Waals surface area contributed by atoms with Crippen LogP contribution in [-0.4, -0.2) is 18.1 Å². The SMILES string of the molecule is CCNC(c1cncc(F)c1)c1cccc2c1OCC2. The zero-order valence-corrected chi connectivity index (χ0v) is 11.4. The van der Waals surface area contributed by atoms with Crippen molar-refractivity contribution in [3.63, 3.8) is 0 Å². The molecular weight excluding hydrogens is 255 g/mol. The first-order valence-corrected chi connectivity index (χ1v) is 6.88. The number of halogens is 1. The van der Waals surface area contributed by atoms with E-state index in [0.29, 0.717) is 6.61 Å². The van der Waals surface area contributed by atoms with Crippen molar-refractivity contribution in [2.75, 3.05) is 13.2 Å². The Labute approximate surface area is 117 Å². The molecule has 1 N–H and O–H groups in total. The lowest BCUT2D eigenvalue weighted by atomic mass is 9.97. The number of ether oxygens (including phenoxy) is 1. The Morgan fingerprint density at radius 3 is 3.10 bits per heavy atom. The summed E-state index contributed by atoms with van der Waals surface area (Å²) in [5, 5.41) is 3.39. The second-order valence-electron chi connectivity index (χ2n) is 4.86. The molecule has 0 aliphatic carbocycles. The van der Waals surface area contributed by atoms with Gasteiger partial charge in [-0.1, -0.05) is 25.1 Å². The van der Waals surface area contributed by atoms with Crippen LogP contribution in [0.2, 0.25) is 0 Å². The predicted molar refractivity (Wildman–Crippen MR) is 75.4 cm³/mol. The summed E-state index contributed by atoms with van der Waals surface area (Å²) in [5.41, 5.74) is 3.08. The first-order valence-electron chi connectivity index (χ1n) is 6.88. The van der Waals surface area contributed by atoms with Crippen LogP contribution in [-0.2, 0) is 6.42 Å². The average Bonchev–Trinajstić information content (AvgIpc) is 2.93. The molecule has 1 unspecified atom stereocenters. The summed E-state index contributed by atoms with van der Waals surface area (Å²) < 4.78 is 19.2. The maximum atomic E-state index is 13.4. The lowest BCUT2D eigenvalue weighted by Crippen LogP contribution is -2.22. The third-order valence-corrected chi connectivity index (χ3v) is 3.52. The van der Waals surface area contributed by atoms with E-state index in [1.54, 1.807) is 6.20 Å². The minimum absolute atomic E-state index is 0.101. The average molecular weight is 272 g/mol. The van der Waals surface area contributed by atoms with Crippen molar-refractivity contribution in [1.82, 2.24) is 10.3 Å². The van der Waals surface area contributed by atoms with Crippen molar-refractivity contribution >= 4 is 0 Å². The van der Waals surface area contributed by atoms with Gasteiger partial charge < -0.3 is 10.1 Å². The van der Waals surface area contributed by atoms with E-state index in [1.165, 1.54) is 17.8 Å². The van der Waals surface area contributed by atoms with Crippen LogP contribution in [0.4, 0.5) is 4.39 Å². The molecule has 0 radical (unpaired) electrons. The van der Waals surface area contributed by atoms with E-state index >= 15 is 0 Å². The van der Waals surface area contributed by atoms with Crippen molar-refractivity contribution in [2.45, 2.75) is 19.4 Å². The molecule has 0 spiro atoms. The summed E-state index contributed by atoms with van der Waals surface area (Å²) >= 11 is 0. The highest BCUT2D eigenvalue weighted by molar-refractivity contribution is 5.48. The van der Waals surface area contributed by atoms with Crippen molar-refractivity contribution in [3.05, 3.63) is 59.2 Å². The van der Waals surface area contributed by atoms with Crippen molar-refractivity contribution in [1.29, 1.82) is 0 Å². The number of para-hydroxylation sites is 1. The zero-order valence-electron chi connectivity index (χ0n) is 11.4. The zero-order chi connectivity index (χ0) is 13.9. The molecule has 4 heteroatoms. The van der Waals surface area contributed by atoms with E-state index < -0.39 is 0 Å². The summed E-state index contributed by atoms with van der Waals surface area (Å²) in [6, 6.07) is 7.56. The molecular formula is C16H17FN2O. The molecule has 0 bridgehead atoms. The lowest BCUT2D eigenvalue weighted by Gasteiger charge is -2.21. The van der Waals surface area contributed by atoms with E-state index in [2.05, 4.69) is 16.4 Å². The Kier molecular flexibility index (Phi) is 3.65. The largest absolute Gasteiger partial charge is 0.493 e. The van der Waals surface area contributed by atoms with E-state index in [-0.39, 0.29) is 11.9 Å². The van der Waals surface area contributed by atoms with Crippen LogP contribution in [0.25, 0.3) is 0 Å². The van der Waals surface area contributed by atoms with Gasteiger partial charge in [0.05, 0.1) is 18.8 Å². The molecule has 3 nitrogen and oxygen atoms in total.